The Kier molecular flexibility index (Phi) is 7.73. The van der Waals surface area contributed by atoms with E-state index >= 15 is 0 Å². The van der Waals surface area contributed by atoms with Gasteiger partial charge in [0.2, 0.25) is 0 Å². The van der Waals surface area contributed by atoms with Gasteiger partial charge >= 0.3 is 262 Å². The van der Waals surface area contributed by atoms with Crippen molar-refractivity contribution < 1.29 is 17.9 Å². The van der Waals surface area contributed by atoms with E-state index in [-0.39, 0.29) is 9.04 Å². The van der Waals surface area contributed by atoms with Gasteiger partial charge in [0.15, 0.2) is 0 Å². The van der Waals surface area contributed by atoms with Crippen LogP contribution in [-0.4, -0.2) is 9.52 Å². The van der Waals surface area contributed by atoms with E-state index in [0.717, 1.165) is 0 Å². The molecule has 0 saturated carbocycles. The summed E-state index contributed by atoms with van der Waals surface area (Å²) in [5.74, 6) is 0.839. The van der Waals surface area contributed by atoms with Crippen molar-refractivity contribution in [1.29, 1.82) is 0 Å². The van der Waals surface area contributed by atoms with E-state index in [4.69, 9.17) is 17.0 Å². The van der Waals surface area contributed by atoms with Crippen LogP contribution in [0, 0.1) is 5.41 Å². The van der Waals surface area contributed by atoms with Gasteiger partial charge in [0, 0.05) is 0 Å². The number of fused-ring (bicyclic) bond motifs is 4. The summed E-state index contributed by atoms with van der Waals surface area (Å²) in [6, 6.07) is 29.4. The third-order valence-electron chi connectivity index (χ3n) is 9.15. The van der Waals surface area contributed by atoms with E-state index in [1.165, 1.54) is 63.7 Å². The van der Waals surface area contributed by atoms with Gasteiger partial charge in [-0.25, -0.2) is 0 Å². The van der Waals surface area contributed by atoms with Gasteiger partial charge in [-0.05, 0) is 0 Å². The summed E-state index contributed by atoms with van der Waals surface area (Å²) >= 11 is -4.06. The van der Waals surface area contributed by atoms with Crippen molar-refractivity contribution >= 4 is 46.3 Å². The van der Waals surface area contributed by atoms with Crippen molar-refractivity contribution in [2.75, 3.05) is 0 Å². The second-order valence-corrected chi connectivity index (χ2v) is 29.3. The minimum absolute atomic E-state index is 0.0548. The molecule has 0 amide bonds. The zero-order valence-electron chi connectivity index (χ0n) is 25.3. The molecule has 0 spiro atoms. The fraction of sp³-hybridized carbons (Fsp3) is 0.297. The molecule has 210 valence electrons. The molecule has 6 rings (SSSR count). The fourth-order valence-corrected chi connectivity index (χ4v) is 24.3. The van der Waals surface area contributed by atoms with Gasteiger partial charge in [0.05, 0.1) is 0 Å². The summed E-state index contributed by atoms with van der Waals surface area (Å²) in [6.45, 7) is 16.2. The molecular weight excluding hydrogens is 635 g/mol. The second-order valence-electron chi connectivity index (χ2n) is 13.5. The minimum atomic E-state index is -4.06. The molecule has 0 aromatic heterocycles. The van der Waals surface area contributed by atoms with E-state index in [9.17, 15) is 0 Å². The summed E-state index contributed by atoms with van der Waals surface area (Å²) in [5.41, 5.74) is 12.3. The van der Waals surface area contributed by atoms with Crippen LogP contribution in [0.2, 0.25) is 0 Å². The number of hydrogen-bond acceptors (Lipinski definition) is 0. The maximum atomic E-state index is 7.96. The average molecular weight is 675 g/mol. The quantitative estimate of drug-likeness (QED) is 0.163. The maximum absolute atomic E-state index is 7.96. The van der Waals surface area contributed by atoms with Crippen molar-refractivity contribution in [2.45, 2.75) is 63.9 Å². The summed E-state index contributed by atoms with van der Waals surface area (Å²) in [4.78, 5) is 0. The van der Waals surface area contributed by atoms with Gasteiger partial charge in [-0.1, -0.05) is 0 Å². The molecule has 4 heteroatoms. The van der Waals surface area contributed by atoms with E-state index < -0.39 is 27.4 Å². The van der Waals surface area contributed by atoms with Gasteiger partial charge in [-0.3, -0.25) is 0 Å². The topological polar surface area (TPSA) is 0 Å². The number of allylic oxidation sites excluding steroid dienone is 1. The zero-order valence-corrected chi connectivity index (χ0v) is 30.7. The molecule has 41 heavy (non-hydrogen) atoms. The van der Waals surface area contributed by atoms with Crippen LogP contribution < -0.4 is 13.6 Å². The summed E-state index contributed by atoms with van der Waals surface area (Å²) < 4.78 is 1.37. The van der Waals surface area contributed by atoms with Crippen molar-refractivity contribution in [1.82, 2.24) is 0 Å². The van der Waals surface area contributed by atoms with Gasteiger partial charge < -0.3 is 0 Å². The number of halogens is 2. The van der Waals surface area contributed by atoms with Crippen LogP contribution in [0.25, 0.3) is 28.3 Å². The Morgan fingerprint density at radius 1 is 0.707 bits per heavy atom. The molecule has 1 aliphatic heterocycles. The van der Waals surface area contributed by atoms with Crippen LogP contribution in [0.1, 0.15) is 86.2 Å². The molecule has 1 atom stereocenters. The van der Waals surface area contributed by atoms with Gasteiger partial charge in [-0.15, -0.1) is 0 Å². The number of benzene rings is 4. The number of hydrogen-bond donors (Lipinski definition) is 0. The molecular formula is C37H40Cl2SiZr. The molecule has 4 aromatic rings. The van der Waals surface area contributed by atoms with Crippen LogP contribution in [-0.2, 0) is 17.9 Å². The van der Waals surface area contributed by atoms with Crippen molar-refractivity contribution in [2.24, 2.45) is 5.41 Å². The second kappa shape index (κ2) is 10.8. The van der Waals surface area contributed by atoms with E-state index in [1.807, 2.05) is 0 Å². The average Bonchev–Trinajstić information content (AvgIpc) is 3.52. The molecule has 0 nitrogen and oxygen atoms in total. The fourth-order valence-electron chi connectivity index (χ4n) is 7.14. The van der Waals surface area contributed by atoms with Gasteiger partial charge in [0.1, 0.15) is 0 Å². The first kappa shape index (κ1) is 29.4. The Bertz CT molecular complexity index is 1690. The van der Waals surface area contributed by atoms with E-state index in [0.29, 0.717) is 11.8 Å². The third-order valence-corrected chi connectivity index (χ3v) is 23.3. The molecule has 1 heterocycles. The molecule has 0 radical (unpaired) electrons. The molecule has 4 aromatic carbocycles. The predicted octanol–water partition coefficient (Wildman–Crippen LogP) is 8.97. The normalized spacial score (nSPS) is 16.8. The van der Waals surface area contributed by atoms with Crippen LogP contribution in [0.4, 0.5) is 0 Å². The summed E-state index contributed by atoms with van der Waals surface area (Å²) in [7, 11) is 15.3. The molecule has 0 N–H and O–H groups in total. The van der Waals surface area contributed by atoms with Crippen molar-refractivity contribution in [3.8, 4) is 22.3 Å². The first-order chi connectivity index (χ1) is 19.4. The van der Waals surface area contributed by atoms with Crippen molar-refractivity contribution in [3.63, 3.8) is 0 Å². The van der Waals surface area contributed by atoms with Crippen LogP contribution in [0.5, 0.6) is 0 Å². The standard InChI is InChI=1S/C25H31.C12H9Si.2ClH.Zr/c1-16(2)20-10-8-9-11-22(20)24-21(17(3)4)13-12-18-14-19(15-23(18)24)25(5,6)7;1-3-7-11-9(5-1)10-6-2-4-8-12(10)13-11;;;/h8-17H,1-7H3;1-7H,13H2;2*1H;/q;;;;+2/p-2. The Morgan fingerprint density at radius 3 is 2.02 bits per heavy atom. The Labute approximate surface area is 260 Å². The molecule has 0 saturated heterocycles. The monoisotopic (exact) mass is 672 g/mol. The van der Waals surface area contributed by atoms with Crippen LogP contribution in [0.3, 0.4) is 0 Å². The van der Waals surface area contributed by atoms with Crippen LogP contribution in [0.15, 0.2) is 84.4 Å². The zero-order chi connectivity index (χ0) is 29.3. The van der Waals surface area contributed by atoms with Gasteiger partial charge in [0.25, 0.3) is 0 Å². The Hall–Kier alpha value is -1.70. The van der Waals surface area contributed by atoms with Crippen molar-refractivity contribution in [3.05, 3.63) is 107 Å². The number of rotatable bonds is 5. The van der Waals surface area contributed by atoms with Crippen LogP contribution >= 0.6 is 17.0 Å². The first-order valence-electron chi connectivity index (χ1n) is 15.0. The Morgan fingerprint density at radius 2 is 1.34 bits per heavy atom. The first-order valence-corrected chi connectivity index (χ1v) is 25.4. The molecule has 0 bridgehead atoms. The molecule has 1 unspecified atom stereocenters. The SMILES string of the molecule is CC(C)c1ccccc1-c1c(C(C)C)ccc2c1C=C(C(C)(C)C)[CH]2[Zr]([Cl])([Cl])[c]1cccc2c1[SiH2]c1ccccc1-2. The predicted molar refractivity (Wildman–Crippen MR) is 181 cm³/mol. The van der Waals surface area contributed by atoms with E-state index in [1.54, 1.807) is 0 Å². The third kappa shape index (κ3) is 4.92. The summed E-state index contributed by atoms with van der Waals surface area (Å²) in [6.07, 6.45) is 2.49. The molecule has 2 aliphatic rings. The Balaban J connectivity index is 1.60. The molecule has 0 fully saturated rings. The molecule has 1 aliphatic carbocycles. The van der Waals surface area contributed by atoms with E-state index in [2.05, 4.69) is 133 Å². The summed E-state index contributed by atoms with van der Waals surface area (Å²) in [5, 5.41) is 3.00. The van der Waals surface area contributed by atoms with Gasteiger partial charge in [-0.2, -0.15) is 0 Å².